The van der Waals surface area contributed by atoms with Crippen molar-refractivity contribution in [3.8, 4) is 11.5 Å². The zero-order valence-corrected chi connectivity index (χ0v) is 15.5. The number of alkyl halides is 3. The summed E-state index contributed by atoms with van der Waals surface area (Å²) in [5.41, 5.74) is -1.83. The number of piperidine rings is 1. The average molecular weight is 402 g/mol. The Kier molecular flexibility index (Phi) is 5.78. The number of aromatic nitrogens is 2. The minimum Gasteiger partial charge on any atom is -0.388 e. The third-order valence-electron chi connectivity index (χ3n) is 5.28. The summed E-state index contributed by atoms with van der Waals surface area (Å²) < 4.78 is 59.7. The minimum absolute atomic E-state index is 0.0593. The number of H-pyrrole nitrogens is 1. The Morgan fingerprint density at radius 1 is 1.39 bits per heavy atom. The van der Waals surface area contributed by atoms with Gasteiger partial charge in [0.15, 0.2) is 0 Å². The molecule has 10 heteroatoms. The van der Waals surface area contributed by atoms with Crippen LogP contribution in [0.15, 0.2) is 21.3 Å². The summed E-state index contributed by atoms with van der Waals surface area (Å²) >= 11 is 0. The quantitative estimate of drug-likeness (QED) is 0.666. The molecule has 154 valence electrons. The molecule has 0 bridgehead atoms. The number of anilines is 1. The van der Waals surface area contributed by atoms with E-state index in [0.717, 1.165) is 32.0 Å². The first kappa shape index (κ1) is 20.4. The molecule has 3 atom stereocenters. The number of halogens is 4. The molecule has 2 aromatic rings. The first-order valence-corrected chi connectivity index (χ1v) is 9.14. The summed E-state index contributed by atoms with van der Waals surface area (Å²) in [6.07, 6.45) is -3.18. The van der Waals surface area contributed by atoms with Gasteiger partial charge in [-0.1, -0.05) is 13.3 Å². The largest absolute Gasteiger partial charge is 0.434 e. The summed E-state index contributed by atoms with van der Waals surface area (Å²) in [4.78, 5) is 11.1. The molecule has 0 aliphatic carbocycles. The van der Waals surface area contributed by atoms with Gasteiger partial charge in [0.1, 0.15) is 11.4 Å². The highest BCUT2D eigenvalue weighted by atomic mass is 19.4. The lowest BCUT2D eigenvalue weighted by molar-refractivity contribution is -0.139. The van der Waals surface area contributed by atoms with Gasteiger partial charge in [-0.3, -0.25) is 0 Å². The smallest absolute Gasteiger partial charge is 0.388 e. The van der Waals surface area contributed by atoms with Crippen LogP contribution in [-0.2, 0) is 6.18 Å². The standard InChI is InChI=1S/C18H22F4N4O2/c1-3-10-8-23-5-4-12(10)9(2)24-14-7-11(16-25-26-17(27)28-16)6-13(19)15(14)18(20,21)22/h6-7,9-10,12,23-24H,3-5,8H2,1-2H3,(H,26,27)/t9?,10-,12-/m0/s1. The highest BCUT2D eigenvalue weighted by Gasteiger charge is 2.39. The molecule has 28 heavy (non-hydrogen) atoms. The van der Waals surface area contributed by atoms with Crippen molar-refractivity contribution >= 4 is 5.69 Å². The molecule has 2 heterocycles. The molecule has 1 aliphatic rings. The third-order valence-corrected chi connectivity index (χ3v) is 5.28. The second-order valence-electron chi connectivity index (χ2n) is 7.05. The normalized spacial score (nSPS) is 21.5. The average Bonchev–Trinajstić information content (AvgIpc) is 3.06. The molecule has 0 radical (unpaired) electrons. The molecule has 0 saturated carbocycles. The zero-order chi connectivity index (χ0) is 20.5. The Morgan fingerprint density at radius 3 is 2.75 bits per heavy atom. The van der Waals surface area contributed by atoms with Crippen LogP contribution in [0.25, 0.3) is 11.5 Å². The molecule has 6 nitrogen and oxygen atoms in total. The molecule has 1 saturated heterocycles. The van der Waals surface area contributed by atoms with E-state index in [-0.39, 0.29) is 23.4 Å². The van der Waals surface area contributed by atoms with Gasteiger partial charge in [0.25, 0.3) is 0 Å². The van der Waals surface area contributed by atoms with Gasteiger partial charge < -0.3 is 15.1 Å². The van der Waals surface area contributed by atoms with Crippen molar-refractivity contribution in [1.29, 1.82) is 0 Å². The van der Waals surface area contributed by atoms with Crippen molar-refractivity contribution in [3.05, 3.63) is 34.1 Å². The lowest BCUT2D eigenvalue weighted by Gasteiger charge is -2.37. The Bertz CT molecular complexity index is 877. The maximum Gasteiger partial charge on any atom is 0.434 e. The van der Waals surface area contributed by atoms with Gasteiger partial charge in [0, 0.05) is 11.6 Å². The minimum atomic E-state index is -4.88. The van der Waals surface area contributed by atoms with Crippen LogP contribution in [0.2, 0.25) is 0 Å². The van der Waals surface area contributed by atoms with Gasteiger partial charge in [-0.15, -0.1) is 5.10 Å². The number of benzene rings is 1. The Labute approximate surface area is 158 Å². The van der Waals surface area contributed by atoms with Crippen molar-refractivity contribution in [2.75, 3.05) is 18.4 Å². The fourth-order valence-corrected chi connectivity index (χ4v) is 3.89. The topological polar surface area (TPSA) is 83.0 Å². The molecule has 1 aromatic carbocycles. The molecule has 1 aromatic heterocycles. The first-order chi connectivity index (χ1) is 13.2. The summed E-state index contributed by atoms with van der Waals surface area (Å²) in [5, 5.41) is 11.7. The summed E-state index contributed by atoms with van der Waals surface area (Å²) in [7, 11) is 0. The first-order valence-electron chi connectivity index (χ1n) is 9.14. The maximum atomic E-state index is 14.4. The number of aromatic amines is 1. The molecule has 1 aliphatic heterocycles. The molecule has 3 N–H and O–H groups in total. The highest BCUT2D eigenvalue weighted by molar-refractivity contribution is 5.66. The van der Waals surface area contributed by atoms with Crippen molar-refractivity contribution < 1.29 is 22.0 Å². The van der Waals surface area contributed by atoms with Gasteiger partial charge in [0.05, 0.1) is 5.69 Å². The van der Waals surface area contributed by atoms with Crippen LogP contribution in [0.3, 0.4) is 0 Å². The van der Waals surface area contributed by atoms with Gasteiger partial charge in [-0.2, -0.15) is 13.2 Å². The summed E-state index contributed by atoms with van der Waals surface area (Å²) in [5.74, 6) is -2.16. The summed E-state index contributed by atoms with van der Waals surface area (Å²) in [6, 6.07) is 1.47. The number of nitrogens with one attached hydrogen (secondary N) is 3. The van der Waals surface area contributed by atoms with Gasteiger partial charge >= 0.3 is 11.9 Å². The van der Waals surface area contributed by atoms with Crippen LogP contribution >= 0.6 is 0 Å². The second-order valence-corrected chi connectivity index (χ2v) is 7.05. The predicted molar refractivity (Wildman–Crippen MR) is 95.4 cm³/mol. The molecular weight excluding hydrogens is 380 g/mol. The number of hydrogen-bond donors (Lipinski definition) is 3. The van der Waals surface area contributed by atoms with E-state index in [1.54, 1.807) is 6.92 Å². The van der Waals surface area contributed by atoms with E-state index < -0.39 is 29.0 Å². The van der Waals surface area contributed by atoms with Gasteiger partial charge in [0.2, 0.25) is 5.89 Å². The fourth-order valence-electron chi connectivity index (χ4n) is 3.89. The zero-order valence-electron chi connectivity index (χ0n) is 15.5. The van der Waals surface area contributed by atoms with Crippen LogP contribution in [0.5, 0.6) is 0 Å². The van der Waals surface area contributed by atoms with Crippen molar-refractivity contribution in [1.82, 2.24) is 15.5 Å². The second kappa shape index (κ2) is 7.94. The van der Waals surface area contributed by atoms with E-state index in [4.69, 9.17) is 4.42 Å². The van der Waals surface area contributed by atoms with Crippen molar-refractivity contribution in [2.24, 2.45) is 11.8 Å². The molecular formula is C18H22F4N4O2. The lowest BCUT2D eigenvalue weighted by Crippen LogP contribution is -2.43. The predicted octanol–water partition coefficient (Wildman–Crippen LogP) is 3.62. The van der Waals surface area contributed by atoms with E-state index in [1.165, 1.54) is 0 Å². The van der Waals surface area contributed by atoms with Gasteiger partial charge in [-0.05, 0) is 50.4 Å². The molecule has 1 fully saturated rings. The van der Waals surface area contributed by atoms with E-state index in [0.29, 0.717) is 12.0 Å². The monoisotopic (exact) mass is 402 g/mol. The maximum absolute atomic E-state index is 14.4. The Hall–Kier alpha value is -2.36. The lowest BCUT2D eigenvalue weighted by atomic mass is 9.80. The molecule has 1 unspecified atom stereocenters. The summed E-state index contributed by atoms with van der Waals surface area (Å²) in [6.45, 7) is 5.43. The molecule has 0 amide bonds. The van der Waals surface area contributed by atoms with Crippen LogP contribution in [0.1, 0.15) is 32.3 Å². The number of nitrogens with zero attached hydrogens (tertiary/aromatic N) is 1. The van der Waals surface area contributed by atoms with E-state index in [2.05, 4.69) is 15.7 Å². The number of hydrogen-bond acceptors (Lipinski definition) is 5. The van der Waals surface area contributed by atoms with E-state index >= 15 is 0 Å². The third kappa shape index (κ3) is 4.21. The Balaban J connectivity index is 1.99. The SMILES string of the molecule is CC[C@H]1CNCC[C@H]1C(C)Nc1cc(-c2n[nH]c(=O)o2)cc(F)c1C(F)(F)F. The van der Waals surface area contributed by atoms with Crippen molar-refractivity contribution in [3.63, 3.8) is 0 Å². The number of rotatable bonds is 5. The van der Waals surface area contributed by atoms with E-state index in [1.807, 2.05) is 12.0 Å². The highest BCUT2D eigenvalue weighted by Crippen LogP contribution is 2.40. The molecule has 0 spiro atoms. The molecule has 3 rings (SSSR count). The van der Waals surface area contributed by atoms with Crippen molar-refractivity contribution in [2.45, 2.75) is 38.9 Å². The van der Waals surface area contributed by atoms with Crippen LogP contribution in [-0.4, -0.2) is 29.3 Å². The fraction of sp³-hybridized carbons (Fsp3) is 0.556. The van der Waals surface area contributed by atoms with E-state index in [9.17, 15) is 22.4 Å². The van der Waals surface area contributed by atoms with Crippen LogP contribution in [0.4, 0.5) is 23.2 Å². The van der Waals surface area contributed by atoms with Gasteiger partial charge in [-0.25, -0.2) is 14.3 Å². The Morgan fingerprint density at radius 2 is 2.14 bits per heavy atom. The van der Waals surface area contributed by atoms with Crippen LogP contribution in [0, 0.1) is 17.7 Å². The van der Waals surface area contributed by atoms with Crippen LogP contribution < -0.4 is 16.4 Å².